The van der Waals surface area contributed by atoms with Gasteiger partial charge in [0, 0.05) is 19.3 Å². The Labute approximate surface area is 505 Å². The van der Waals surface area contributed by atoms with E-state index in [9.17, 15) is 14.4 Å². The average molecular weight is 1130 g/mol. The van der Waals surface area contributed by atoms with E-state index in [-0.39, 0.29) is 37.5 Å². The number of carbonyl (C=O) groups is 3. The maximum absolute atomic E-state index is 12.9. The Hall–Kier alpha value is -4.97. The maximum atomic E-state index is 12.9. The first-order chi connectivity index (χ1) is 40.5. The summed E-state index contributed by atoms with van der Waals surface area (Å²) < 4.78 is 16.9. The Balaban J connectivity index is 4.25. The van der Waals surface area contributed by atoms with Crippen LogP contribution in [0.1, 0.15) is 284 Å². The molecule has 0 spiro atoms. The molecule has 0 amide bonds. The highest BCUT2D eigenvalue weighted by atomic mass is 16.6. The number of rotatable bonds is 59. The monoisotopic (exact) mass is 1130 g/mol. The van der Waals surface area contributed by atoms with Gasteiger partial charge in [-0.15, -0.1) is 0 Å². The SMILES string of the molecule is CC/C=C\C/C=C\C/C=C\C/C=C\C/C=C\C/C=C\C/C=C\C/C=C\CCCCCCCCCCCCC(=O)OCC(COC(=O)CCCCCCCCCCCC)OC(=O)CCCCC/C=C\C/C=C\C/C=C\C/C=C\C/C=C\CC. The Kier molecular flexibility index (Phi) is 64.4. The van der Waals surface area contributed by atoms with Crippen molar-refractivity contribution in [3.8, 4) is 0 Å². The van der Waals surface area contributed by atoms with Crippen molar-refractivity contribution in [1.29, 1.82) is 0 Å². The Bertz CT molecular complexity index is 1830. The third-order valence-electron chi connectivity index (χ3n) is 13.8. The van der Waals surface area contributed by atoms with Gasteiger partial charge in [-0.25, -0.2) is 0 Å². The van der Waals surface area contributed by atoms with E-state index in [1.54, 1.807) is 0 Å². The quantitative estimate of drug-likeness (QED) is 0.0261. The summed E-state index contributed by atoms with van der Waals surface area (Å²) in [6.07, 6.45) is 99.8. The van der Waals surface area contributed by atoms with E-state index in [0.717, 1.165) is 154 Å². The second kappa shape index (κ2) is 68.5. The molecule has 6 nitrogen and oxygen atoms in total. The highest BCUT2D eigenvalue weighted by molar-refractivity contribution is 5.71. The summed E-state index contributed by atoms with van der Waals surface area (Å²) in [5.41, 5.74) is 0. The van der Waals surface area contributed by atoms with Crippen LogP contribution >= 0.6 is 0 Å². The summed E-state index contributed by atoms with van der Waals surface area (Å²) in [5.74, 6) is -0.934. The van der Waals surface area contributed by atoms with E-state index < -0.39 is 6.10 Å². The summed E-state index contributed by atoms with van der Waals surface area (Å²) in [7, 11) is 0. The number of unbranched alkanes of at least 4 members (excludes halogenated alkanes) is 22. The Morgan fingerprint density at radius 2 is 0.476 bits per heavy atom. The van der Waals surface area contributed by atoms with Crippen LogP contribution in [0.4, 0.5) is 0 Å². The molecule has 6 heteroatoms. The molecule has 0 aliphatic carbocycles. The predicted molar refractivity (Wildman–Crippen MR) is 357 cm³/mol. The molecule has 1 unspecified atom stereocenters. The summed E-state index contributed by atoms with van der Waals surface area (Å²) in [5, 5.41) is 0. The zero-order chi connectivity index (χ0) is 59.2. The molecule has 0 saturated carbocycles. The van der Waals surface area contributed by atoms with Gasteiger partial charge in [-0.05, 0) is 128 Å². The fourth-order valence-electron chi connectivity index (χ4n) is 8.84. The lowest BCUT2D eigenvalue weighted by molar-refractivity contribution is -0.167. The van der Waals surface area contributed by atoms with E-state index in [1.165, 1.54) is 89.9 Å². The third-order valence-corrected chi connectivity index (χ3v) is 13.8. The molecule has 1 atom stereocenters. The molecule has 0 radical (unpaired) electrons. The molecule has 0 aromatic rings. The van der Waals surface area contributed by atoms with E-state index in [2.05, 4.69) is 179 Å². The van der Waals surface area contributed by atoms with E-state index in [0.29, 0.717) is 12.8 Å². The largest absolute Gasteiger partial charge is 0.462 e. The second-order valence-electron chi connectivity index (χ2n) is 21.6. The van der Waals surface area contributed by atoms with Gasteiger partial charge >= 0.3 is 17.9 Å². The summed E-state index contributed by atoms with van der Waals surface area (Å²) in [4.78, 5) is 38.2. The van der Waals surface area contributed by atoms with Gasteiger partial charge < -0.3 is 14.2 Å². The number of hydrogen-bond acceptors (Lipinski definition) is 6. The van der Waals surface area contributed by atoms with Gasteiger partial charge in [0.1, 0.15) is 13.2 Å². The number of esters is 3. The third kappa shape index (κ3) is 65.8. The van der Waals surface area contributed by atoms with Gasteiger partial charge in [0.05, 0.1) is 0 Å². The van der Waals surface area contributed by atoms with Crippen LogP contribution in [0.25, 0.3) is 0 Å². The molecule has 462 valence electrons. The molecule has 0 aromatic carbocycles. The van der Waals surface area contributed by atoms with Crippen molar-refractivity contribution >= 4 is 17.9 Å². The lowest BCUT2D eigenvalue weighted by Gasteiger charge is -2.18. The molecule has 0 rings (SSSR count). The van der Waals surface area contributed by atoms with Crippen LogP contribution in [0.2, 0.25) is 0 Å². The Morgan fingerprint density at radius 3 is 0.756 bits per heavy atom. The van der Waals surface area contributed by atoms with Crippen molar-refractivity contribution in [2.45, 2.75) is 290 Å². The van der Waals surface area contributed by atoms with Gasteiger partial charge in [-0.3, -0.25) is 14.4 Å². The first kappa shape index (κ1) is 77.0. The second-order valence-corrected chi connectivity index (χ2v) is 21.6. The van der Waals surface area contributed by atoms with E-state index in [4.69, 9.17) is 14.2 Å². The first-order valence-corrected chi connectivity index (χ1v) is 33.5. The van der Waals surface area contributed by atoms with Crippen molar-refractivity contribution in [3.05, 3.63) is 158 Å². The summed E-state index contributed by atoms with van der Waals surface area (Å²) in [6.45, 7) is 6.37. The molecular formula is C76H122O6. The van der Waals surface area contributed by atoms with Gasteiger partial charge in [0.25, 0.3) is 0 Å². The topological polar surface area (TPSA) is 78.9 Å². The number of ether oxygens (including phenoxy) is 3. The van der Waals surface area contributed by atoms with Crippen LogP contribution in [0.5, 0.6) is 0 Å². The van der Waals surface area contributed by atoms with Crippen LogP contribution in [0, 0.1) is 0 Å². The number of allylic oxidation sites excluding steroid dienone is 26. The van der Waals surface area contributed by atoms with Crippen LogP contribution in [0.3, 0.4) is 0 Å². The smallest absolute Gasteiger partial charge is 0.306 e. The molecular weight excluding hydrogens is 1010 g/mol. The lowest BCUT2D eigenvalue weighted by atomic mass is 10.1. The molecule has 0 bridgehead atoms. The zero-order valence-electron chi connectivity index (χ0n) is 52.9. The van der Waals surface area contributed by atoms with Crippen molar-refractivity contribution in [2.75, 3.05) is 13.2 Å². The van der Waals surface area contributed by atoms with E-state index in [1.807, 2.05) is 0 Å². The first-order valence-electron chi connectivity index (χ1n) is 33.5. The number of carbonyl (C=O) groups excluding carboxylic acids is 3. The minimum atomic E-state index is -0.802. The molecule has 0 aromatic heterocycles. The highest BCUT2D eigenvalue weighted by Gasteiger charge is 2.19. The minimum absolute atomic E-state index is 0.0954. The molecule has 82 heavy (non-hydrogen) atoms. The molecule has 0 heterocycles. The Morgan fingerprint density at radius 1 is 0.256 bits per heavy atom. The summed E-state index contributed by atoms with van der Waals surface area (Å²) >= 11 is 0. The van der Waals surface area contributed by atoms with Gasteiger partial charge in [-0.2, -0.15) is 0 Å². The molecule has 0 aliphatic heterocycles. The van der Waals surface area contributed by atoms with Crippen molar-refractivity contribution in [3.63, 3.8) is 0 Å². The zero-order valence-corrected chi connectivity index (χ0v) is 52.9. The predicted octanol–water partition coefficient (Wildman–Crippen LogP) is 23.3. The highest BCUT2D eigenvalue weighted by Crippen LogP contribution is 2.15. The fourth-order valence-corrected chi connectivity index (χ4v) is 8.84. The molecule has 0 fully saturated rings. The van der Waals surface area contributed by atoms with E-state index >= 15 is 0 Å². The van der Waals surface area contributed by atoms with Crippen LogP contribution < -0.4 is 0 Å². The van der Waals surface area contributed by atoms with Gasteiger partial charge in [-0.1, -0.05) is 294 Å². The lowest BCUT2D eigenvalue weighted by Crippen LogP contribution is -2.30. The summed E-state index contributed by atoms with van der Waals surface area (Å²) in [6, 6.07) is 0. The average Bonchev–Trinajstić information content (AvgIpc) is 3.48. The van der Waals surface area contributed by atoms with Crippen molar-refractivity contribution in [1.82, 2.24) is 0 Å². The molecule has 0 N–H and O–H groups in total. The normalized spacial score (nSPS) is 13.2. The van der Waals surface area contributed by atoms with Crippen LogP contribution in [0.15, 0.2) is 158 Å². The minimum Gasteiger partial charge on any atom is -0.462 e. The maximum Gasteiger partial charge on any atom is 0.306 e. The van der Waals surface area contributed by atoms with Crippen LogP contribution in [-0.2, 0) is 28.6 Å². The van der Waals surface area contributed by atoms with Crippen molar-refractivity contribution < 1.29 is 28.6 Å². The van der Waals surface area contributed by atoms with Crippen molar-refractivity contribution in [2.24, 2.45) is 0 Å². The standard InChI is InChI=1S/C76H122O6/c1-4-7-10-13-16-19-22-24-26-28-30-31-32-33-34-35-36-37-38-39-40-41-42-43-44-45-47-48-50-52-54-57-60-63-66-69-75(78)81-72-73(71-80-74(77)68-65-62-59-56-21-18-15-12-9-6-3)82-76(79)70-67-64-61-58-55-53-51-49-46-29-27-25-23-20-17-14-11-8-5-2/h7-8,10-11,16-17,19-20,24-27,30-31,33-34,36-37,39-40,42-43,46,49,53,55,73H,4-6,9,12-15,18,21-23,28-29,32,35,38,41,44-45,47-48,50-52,54,56-72H2,1-3H3/b10-7-,11-8-,19-16-,20-17-,26-24-,27-25-,31-30-,34-33-,37-36-,40-39-,43-42-,49-46-,55-53-. The molecule has 0 saturated heterocycles. The fraction of sp³-hybridized carbons (Fsp3) is 0.618. The van der Waals surface area contributed by atoms with Crippen LogP contribution in [-0.4, -0.2) is 37.2 Å². The number of hydrogen-bond donors (Lipinski definition) is 0. The van der Waals surface area contributed by atoms with Gasteiger partial charge in [0.15, 0.2) is 6.10 Å². The van der Waals surface area contributed by atoms with Gasteiger partial charge in [0.2, 0.25) is 0 Å². The molecule has 0 aliphatic rings.